The molecule has 1 fully saturated rings. The zero-order chi connectivity index (χ0) is 24.7. The van der Waals surface area contributed by atoms with Gasteiger partial charge in [-0.25, -0.2) is 0 Å². The van der Waals surface area contributed by atoms with Crippen LogP contribution in [0.15, 0.2) is 65.6 Å². The van der Waals surface area contributed by atoms with Gasteiger partial charge in [0.1, 0.15) is 0 Å². The van der Waals surface area contributed by atoms with Crippen LogP contribution in [0.25, 0.3) is 17.0 Å². The molecule has 0 aliphatic carbocycles. The van der Waals surface area contributed by atoms with Crippen LogP contribution in [-0.4, -0.2) is 16.0 Å². The summed E-state index contributed by atoms with van der Waals surface area (Å²) >= 11 is 20.2. The first-order valence-electron chi connectivity index (χ1n) is 11.0. The molecule has 1 aliphatic rings. The molecule has 178 valence electrons. The predicted octanol–water partition coefficient (Wildman–Crippen LogP) is 7.87. The van der Waals surface area contributed by atoms with Crippen LogP contribution in [0.1, 0.15) is 22.4 Å². The van der Waals surface area contributed by atoms with E-state index in [-0.39, 0.29) is 11.4 Å². The molecule has 0 saturated carbocycles. The summed E-state index contributed by atoms with van der Waals surface area (Å²) in [6.07, 6.45) is 1.98. The standard InChI is InChI=1S/C27H22Cl3N3OS/c1-15-7-9-19(29)12-23(15)31-27-32-26(34)25(35-27)13-21-16(2)33(24-6-4-3-5-20(21)24)14-17-8-10-18(28)11-22(17)30/h3-13,27,31H,14H2,1-2H3,(H,32,34)/b25-13-. The second-order valence-corrected chi connectivity index (χ2v) is 10.8. The van der Waals surface area contributed by atoms with Crippen molar-refractivity contribution in [2.45, 2.75) is 25.9 Å². The van der Waals surface area contributed by atoms with Crippen molar-refractivity contribution in [1.29, 1.82) is 0 Å². The minimum Gasteiger partial charge on any atom is -0.356 e. The van der Waals surface area contributed by atoms with Crippen molar-refractivity contribution in [2.75, 3.05) is 5.32 Å². The van der Waals surface area contributed by atoms with Gasteiger partial charge in [0, 0.05) is 49.5 Å². The SMILES string of the molecule is Cc1ccc(Cl)cc1NC1NC(=O)/C(=C/c2c(C)n(Cc3ccc(Cl)cc3Cl)c3ccccc23)S1. The summed E-state index contributed by atoms with van der Waals surface area (Å²) in [5.74, 6) is -0.107. The third kappa shape index (κ3) is 4.91. The van der Waals surface area contributed by atoms with Gasteiger partial charge in [-0.3, -0.25) is 4.79 Å². The molecule has 3 aromatic carbocycles. The van der Waals surface area contributed by atoms with Gasteiger partial charge in [-0.05, 0) is 61.4 Å². The van der Waals surface area contributed by atoms with Gasteiger partial charge in [-0.1, -0.05) is 76.9 Å². The lowest BCUT2D eigenvalue weighted by atomic mass is 10.1. The molecular formula is C27H22Cl3N3OS. The van der Waals surface area contributed by atoms with Crippen LogP contribution < -0.4 is 10.6 Å². The minimum atomic E-state index is -0.285. The number of halogens is 3. The third-order valence-electron chi connectivity index (χ3n) is 6.12. The van der Waals surface area contributed by atoms with Crippen LogP contribution >= 0.6 is 46.6 Å². The maximum Gasteiger partial charge on any atom is 0.260 e. The highest BCUT2D eigenvalue weighted by Crippen LogP contribution is 2.35. The Hall–Kier alpha value is -2.57. The number of carbonyl (C=O) groups is 1. The molecule has 4 aromatic rings. The summed E-state index contributed by atoms with van der Waals surface area (Å²) in [6, 6.07) is 19.4. The Balaban J connectivity index is 1.48. The largest absolute Gasteiger partial charge is 0.356 e. The van der Waals surface area contributed by atoms with E-state index in [1.165, 1.54) is 11.8 Å². The maximum atomic E-state index is 12.8. The van der Waals surface area contributed by atoms with Crippen molar-refractivity contribution in [3.63, 3.8) is 0 Å². The molecule has 1 atom stereocenters. The molecule has 2 heterocycles. The number of thioether (sulfide) groups is 1. The summed E-state index contributed by atoms with van der Waals surface area (Å²) in [6.45, 7) is 4.67. The molecule has 1 saturated heterocycles. The van der Waals surface area contributed by atoms with Crippen LogP contribution in [0.3, 0.4) is 0 Å². The number of aryl methyl sites for hydroxylation is 1. The molecular weight excluding hydrogens is 521 g/mol. The number of anilines is 1. The lowest BCUT2D eigenvalue weighted by Gasteiger charge is -2.15. The number of para-hydroxylation sites is 1. The highest BCUT2D eigenvalue weighted by molar-refractivity contribution is 8.05. The molecule has 0 spiro atoms. The first-order valence-corrected chi connectivity index (χ1v) is 13.0. The zero-order valence-electron chi connectivity index (χ0n) is 19.0. The fraction of sp³-hybridized carbons (Fsp3) is 0.148. The van der Waals surface area contributed by atoms with Crippen molar-refractivity contribution in [3.8, 4) is 0 Å². The zero-order valence-corrected chi connectivity index (χ0v) is 22.1. The molecule has 35 heavy (non-hydrogen) atoms. The molecule has 4 nitrogen and oxygen atoms in total. The molecule has 1 unspecified atom stereocenters. The summed E-state index contributed by atoms with van der Waals surface area (Å²) in [5, 5.41) is 9.35. The molecule has 1 amide bonds. The molecule has 1 aliphatic heterocycles. The van der Waals surface area contributed by atoms with Crippen LogP contribution in [0.5, 0.6) is 0 Å². The number of benzene rings is 3. The van der Waals surface area contributed by atoms with Gasteiger partial charge in [0.25, 0.3) is 5.91 Å². The Bertz CT molecular complexity index is 1490. The Kier molecular flexibility index (Phi) is 6.78. The first kappa shape index (κ1) is 24.1. The first-order chi connectivity index (χ1) is 16.8. The minimum absolute atomic E-state index is 0.107. The lowest BCUT2D eigenvalue weighted by molar-refractivity contribution is -0.116. The highest BCUT2D eigenvalue weighted by atomic mass is 35.5. The number of amides is 1. The highest BCUT2D eigenvalue weighted by Gasteiger charge is 2.28. The maximum absolute atomic E-state index is 12.8. The molecule has 0 radical (unpaired) electrons. The van der Waals surface area contributed by atoms with E-state index in [1.54, 1.807) is 6.07 Å². The van der Waals surface area contributed by atoms with E-state index >= 15 is 0 Å². The molecule has 1 aromatic heterocycles. The normalized spacial score (nSPS) is 16.8. The van der Waals surface area contributed by atoms with E-state index in [4.69, 9.17) is 34.8 Å². The summed E-state index contributed by atoms with van der Waals surface area (Å²) in [4.78, 5) is 13.5. The number of carbonyl (C=O) groups excluding carboxylic acids is 1. The summed E-state index contributed by atoms with van der Waals surface area (Å²) < 4.78 is 2.22. The molecule has 8 heteroatoms. The van der Waals surface area contributed by atoms with Gasteiger partial charge in [0.05, 0.1) is 4.91 Å². The van der Waals surface area contributed by atoms with Crippen molar-refractivity contribution >= 4 is 75.1 Å². The Morgan fingerprint density at radius 2 is 1.77 bits per heavy atom. The van der Waals surface area contributed by atoms with Crippen LogP contribution in [0.2, 0.25) is 15.1 Å². The number of hydrogen-bond acceptors (Lipinski definition) is 3. The van der Waals surface area contributed by atoms with Gasteiger partial charge < -0.3 is 15.2 Å². The average Bonchev–Trinajstić information content (AvgIpc) is 3.30. The van der Waals surface area contributed by atoms with Crippen LogP contribution in [0, 0.1) is 13.8 Å². The smallest absolute Gasteiger partial charge is 0.260 e. The van der Waals surface area contributed by atoms with E-state index < -0.39 is 0 Å². The number of hydrogen-bond donors (Lipinski definition) is 2. The van der Waals surface area contributed by atoms with Gasteiger partial charge in [0.15, 0.2) is 5.50 Å². The summed E-state index contributed by atoms with van der Waals surface area (Å²) in [7, 11) is 0. The summed E-state index contributed by atoms with van der Waals surface area (Å²) in [5.41, 5.74) is 5.80. The lowest BCUT2D eigenvalue weighted by Crippen LogP contribution is -2.31. The number of nitrogens with zero attached hydrogens (tertiary/aromatic N) is 1. The number of fused-ring (bicyclic) bond motifs is 1. The quantitative estimate of drug-likeness (QED) is 0.252. The Morgan fingerprint density at radius 1 is 1.03 bits per heavy atom. The van der Waals surface area contributed by atoms with E-state index in [2.05, 4.69) is 34.3 Å². The van der Waals surface area contributed by atoms with E-state index in [0.717, 1.165) is 39.0 Å². The van der Waals surface area contributed by atoms with Gasteiger partial charge in [0.2, 0.25) is 0 Å². The van der Waals surface area contributed by atoms with Crippen molar-refractivity contribution in [3.05, 3.63) is 103 Å². The van der Waals surface area contributed by atoms with E-state index in [1.807, 2.05) is 55.5 Å². The van der Waals surface area contributed by atoms with Crippen molar-refractivity contribution in [1.82, 2.24) is 9.88 Å². The average molecular weight is 543 g/mol. The fourth-order valence-electron chi connectivity index (χ4n) is 4.25. The van der Waals surface area contributed by atoms with Crippen LogP contribution in [0.4, 0.5) is 5.69 Å². The van der Waals surface area contributed by atoms with E-state index in [9.17, 15) is 4.79 Å². The number of nitrogens with one attached hydrogen (secondary N) is 2. The monoisotopic (exact) mass is 541 g/mol. The fourth-order valence-corrected chi connectivity index (χ4v) is 5.85. The number of aromatic nitrogens is 1. The van der Waals surface area contributed by atoms with Crippen LogP contribution in [-0.2, 0) is 11.3 Å². The van der Waals surface area contributed by atoms with Crippen molar-refractivity contribution < 1.29 is 4.79 Å². The molecule has 0 bridgehead atoms. The van der Waals surface area contributed by atoms with Gasteiger partial charge in [-0.15, -0.1) is 0 Å². The second-order valence-electron chi connectivity index (χ2n) is 8.42. The topological polar surface area (TPSA) is 46.1 Å². The van der Waals surface area contributed by atoms with Gasteiger partial charge in [-0.2, -0.15) is 0 Å². The Morgan fingerprint density at radius 3 is 2.57 bits per heavy atom. The van der Waals surface area contributed by atoms with Gasteiger partial charge >= 0.3 is 0 Å². The van der Waals surface area contributed by atoms with E-state index in [0.29, 0.717) is 26.5 Å². The second kappa shape index (κ2) is 9.82. The third-order valence-corrected chi connectivity index (χ3v) is 7.97. The number of rotatable bonds is 5. The predicted molar refractivity (Wildman–Crippen MR) is 150 cm³/mol. The molecule has 5 rings (SSSR count). The molecule has 2 N–H and O–H groups in total. The van der Waals surface area contributed by atoms with Crippen molar-refractivity contribution in [2.24, 2.45) is 0 Å². The Labute approximate surface area is 223 Å².